The normalized spacial score (nSPS) is 12.1. The van der Waals surface area contributed by atoms with Crippen molar-refractivity contribution < 1.29 is 21.6 Å². The van der Waals surface area contributed by atoms with Crippen LogP contribution >= 0.6 is 12.4 Å². The van der Waals surface area contributed by atoms with Crippen LogP contribution in [-0.2, 0) is 22.7 Å². The van der Waals surface area contributed by atoms with Gasteiger partial charge in [-0.3, -0.25) is 0 Å². The monoisotopic (exact) mass is 444 g/mol. The van der Waals surface area contributed by atoms with Gasteiger partial charge in [0.15, 0.2) is 0 Å². The first-order valence-corrected chi connectivity index (χ1v) is 9.87. The number of rotatable bonds is 5. The summed E-state index contributed by atoms with van der Waals surface area (Å²) >= 11 is 0. The summed E-state index contributed by atoms with van der Waals surface area (Å²) in [6.07, 6.45) is -3.01. The number of alkyl halides is 3. The lowest BCUT2D eigenvalue weighted by Gasteiger charge is -2.12. The van der Waals surface area contributed by atoms with Crippen molar-refractivity contribution in [2.24, 2.45) is 0 Å². The van der Waals surface area contributed by atoms with E-state index in [0.29, 0.717) is 17.8 Å². The average Bonchev–Trinajstić information content (AvgIpc) is 3.06. The first-order valence-electron chi connectivity index (χ1n) is 8.43. The average molecular weight is 445 g/mol. The molecular weight excluding hydrogens is 425 g/mol. The van der Waals surface area contributed by atoms with Crippen LogP contribution in [0.5, 0.6) is 0 Å². The van der Waals surface area contributed by atoms with Crippen LogP contribution in [0.1, 0.15) is 11.1 Å². The van der Waals surface area contributed by atoms with Gasteiger partial charge < -0.3 is 4.90 Å². The lowest BCUT2D eigenvalue weighted by molar-refractivity contribution is -0.137. The van der Waals surface area contributed by atoms with Crippen LogP contribution in [0.15, 0.2) is 71.8 Å². The molecule has 0 aliphatic rings. The maximum Gasteiger partial charge on any atom is 0.416 e. The molecule has 0 atom stereocenters. The summed E-state index contributed by atoms with van der Waals surface area (Å²) in [7, 11) is -0.334. The molecule has 0 aliphatic carbocycles. The van der Waals surface area contributed by atoms with Crippen LogP contribution in [-0.4, -0.2) is 31.4 Å². The standard InChI is InChI=1S/C20H19F3N2O2S.ClH/c1-24(2)13-15-12-19(16-6-4-3-5-7-16)25(14-15)28(26,27)18-10-8-17(9-11-18)20(21,22)23;/h3-12,14H,13H2,1-2H3;1H. The van der Waals surface area contributed by atoms with Crippen LogP contribution in [0.25, 0.3) is 11.3 Å². The van der Waals surface area contributed by atoms with E-state index in [4.69, 9.17) is 0 Å². The number of hydrogen-bond acceptors (Lipinski definition) is 3. The van der Waals surface area contributed by atoms with Crippen molar-refractivity contribution in [1.29, 1.82) is 0 Å². The van der Waals surface area contributed by atoms with Crippen molar-refractivity contribution in [1.82, 2.24) is 8.87 Å². The number of benzene rings is 2. The summed E-state index contributed by atoms with van der Waals surface area (Å²) in [6.45, 7) is 0.523. The summed E-state index contributed by atoms with van der Waals surface area (Å²) in [5.41, 5.74) is 1.04. The lowest BCUT2D eigenvalue weighted by atomic mass is 10.1. The minimum atomic E-state index is -4.52. The smallest absolute Gasteiger partial charge is 0.305 e. The number of hydrogen-bond donors (Lipinski definition) is 0. The highest BCUT2D eigenvalue weighted by molar-refractivity contribution is 7.90. The van der Waals surface area contributed by atoms with Crippen LogP contribution < -0.4 is 0 Å². The van der Waals surface area contributed by atoms with Gasteiger partial charge in [0.05, 0.1) is 16.2 Å². The minimum absolute atomic E-state index is 0. The van der Waals surface area contributed by atoms with Crippen molar-refractivity contribution in [2.75, 3.05) is 14.1 Å². The van der Waals surface area contributed by atoms with Crippen molar-refractivity contribution in [2.45, 2.75) is 17.6 Å². The molecular formula is C20H20ClF3N2O2S. The van der Waals surface area contributed by atoms with E-state index >= 15 is 0 Å². The second-order valence-electron chi connectivity index (χ2n) is 6.66. The molecule has 0 radical (unpaired) electrons. The molecule has 0 unspecified atom stereocenters. The number of nitrogens with zero attached hydrogens (tertiary/aromatic N) is 2. The van der Waals surface area contributed by atoms with Crippen LogP contribution in [0.4, 0.5) is 13.2 Å². The summed E-state index contributed by atoms with van der Waals surface area (Å²) in [4.78, 5) is 1.70. The lowest BCUT2D eigenvalue weighted by Crippen LogP contribution is -2.14. The summed E-state index contributed by atoms with van der Waals surface area (Å²) in [6, 6.07) is 14.3. The van der Waals surface area contributed by atoms with Crippen molar-refractivity contribution in [3.05, 3.63) is 78.0 Å². The molecule has 0 bridgehead atoms. The fourth-order valence-corrected chi connectivity index (χ4v) is 4.29. The Morgan fingerprint density at radius 2 is 1.55 bits per heavy atom. The third-order valence-corrected chi connectivity index (χ3v) is 5.84. The molecule has 0 saturated carbocycles. The Morgan fingerprint density at radius 1 is 0.966 bits per heavy atom. The van der Waals surface area contributed by atoms with Gasteiger partial charge in [-0.15, -0.1) is 12.4 Å². The van der Waals surface area contributed by atoms with Crippen LogP contribution in [0.3, 0.4) is 0 Å². The molecule has 4 nitrogen and oxygen atoms in total. The largest absolute Gasteiger partial charge is 0.416 e. The van der Waals surface area contributed by atoms with Crippen molar-refractivity contribution in [3.63, 3.8) is 0 Å². The third-order valence-electron chi connectivity index (χ3n) is 4.15. The van der Waals surface area contributed by atoms with E-state index in [-0.39, 0.29) is 17.3 Å². The third kappa shape index (κ3) is 5.01. The first kappa shape index (κ1) is 23.0. The fourth-order valence-electron chi connectivity index (χ4n) is 2.90. The van der Waals surface area contributed by atoms with E-state index in [1.165, 1.54) is 6.20 Å². The highest BCUT2D eigenvalue weighted by atomic mass is 35.5. The van der Waals surface area contributed by atoms with Crippen molar-refractivity contribution in [3.8, 4) is 11.3 Å². The highest BCUT2D eigenvalue weighted by Crippen LogP contribution is 2.31. The zero-order valence-corrected chi connectivity index (χ0v) is 17.4. The molecule has 29 heavy (non-hydrogen) atoms. The topological polar surface area (TPSA) is 42.3 Å². The van der Waals surface area contributed by atoms with Crippen LogP contribution in [0, 0.1) is 0 Å². The van der Waals surface area contributed by atoms with E-state index < -0.39 is 21.8 Å². The van der Waals surface area contributed by atoms with E-state index in [9.17, 15) is 21.6 Å². The molecule has 3 rings (SSSR count). The molecule has 0 spiro atoms. The zero-order chi connectivity index (χ0) is 20.5. The Hall–Kier alpha value is -2.29. The molecule has 0 amide bonds. The predicted molar refractivity (Wildman–Crippen MR) is 109 cm³/mol. The van der Waals surface area contributed by atoms with Gasteiger partial charge in [0.1, 0.15) is 0 Å². The second-order valence-corrected chi connectivity index (χ2v) is 8.48. The zero-order valence-electron chi connectivity index (χ0n) is 15.7. The minimum Gasteiger partial charge on any atom is -0.305 e. The Kier molecular flexibility index (Phi) is 6.82. The highest BCUT2D eigenvalue weighted by Gasteiger charge is 2.31. The molecule has 1 heterocycles. The summed E-state index contributed by atoms with van der Waals surface area (Å²) in [5, 5.41) is 0. The quantitative estimate of drug-likeness (QED) is 0.562. The molecule has 0 aliphatic heterocycles. The van der Waals surface area contributed by atoms with E-state index in [0.717, 1.165) is 33.8 Å². The first-order chi connectivity index (χ1) is 13.1. The SMILES string of the molecule is CN(C)Cc1cc(-c2ccccc2)n(S(=O)(=O)c2ccc(C(F)(F)F)cc2)c1.Cl. The van der Waals surface area contributed by atoms with Gasteiger partial charge in [-0.1, -0.05) is 30.3 Å². The van der Waals surface area contributed by atoms with Gasteiger partial charge in [-0.25, -0.2) is 12.4 Å². The van der Waals surface area contributed by atoms with Gasteiger partial charge in [-0.2, -0.15) is 13.2 Å². The van der Waals surface area contributed by atoms with Gasteiger partial charge in [-0.05, 0) is 55.6 Å². The van der Waals surface area contributed by atoms with Gasteiger partial charge in [0.25, 0.3) is 10.0 Å². The van der Waals surface area contributed by atoms with Gasteiger partial charge >= 0.3 is 6.18 Å². The molecule has 1 aromatic heterocycles. The second kappa shape index (κ2) is 8.61. The molecule has 3 aromatic rings. The molecule has 0 saturated heterocycles. The van der Waals surface area contributed by atoms with Crippen LogP contribution in [0.2, 0.25) is 0 Å². The molecule has 2 aromatic carbocycles. The number of aromatic nitrogens is 1. The Morgan fingerprint density at radius 3 is 2.07 bits per heavy atom. The summed E-state index contributed by atoms with van der Waals surface area (Å²) in [5.74, 6) is 0. The van der Waals surface area contributed by atoms with Crippen molar-refractivity contribution >= 4 is 22.4 Å². The van der Waals surface area contributed by atoms with Gasteiger partial charge in [0.2, 0.25) is 0 Å². The van der Waals surface area contributed by atoms with E-state index in [2.05, 4.69) is 0 Å². The summed E-state index contributed by atoms with van der Waals surface area (Å²) < 4.78 is 65.8. The number of halogens is 4. The molecule has 0 fully saturated rings. The Balaban J connectivity index is 0.00000300. The maximum absolute atomic E-state index is 13.2. The molecule has 156 valence electrons. The fraction of sp³-hybridized carbons (Fsp3) is 0.200. The Bertz CT molecular complexity index is 1060. The van der Waals surface area contributed by atoms with E-state index in [1.54, 1.807) is 30.3 Å². The molecule has 0 N–H and O–H groups in total. The van der Waals surface area contributed by atoms with E-state index in [1.807, 2.05) is 25.1 Å². The molecule has 9 heteroatoms. The Labute approximate surface area is 174 Å². The predicted octanol–water partition coefficient (Wildman–Crippen LogP) is 4.89. The maximum atomic E-state index is 13.2. The van der Waals surface area contributed by atoms with Gasteiger partial charge in [0, 0.05) is 12.7 Å².